The molecule has 0 radical (unpaired) electrons. The zero-order chi connectivity index (χ0) is 19.2. The Kier molecular flexibility index (Phi) is 6.01. The number of carbonyl (C=O) groups excluding carboxylic acids is 2. The van der Waals surface area contributed by atoms with Gasteiger partial charge in [-0.1, -0.05) is 37.3 Å². The van der Waals surface area contributed by atoms with E-state index < -0.39 is 12.1 Å². The molecule has 0 aliphatic carbocycles. The average molecular weight is 369 g/mol. The van der Waals surface area contributed by atoms with Gasteiger partial charge in [0.25, 0.3) is 11.5 Å². The first-order valence-electron chi connectivity index (χ1n) is 9.23. The number of aromatic nitrogens is 2. The van der Waals surface area contributed by atoms with E-state index in [1.165, 1.54) is 16.8 Å². The first kappa shape index (κ1) is 18.8. The summed E-state index contributed by atoms with van der Waals surface area (Å²) in [6, 6.07) is 11.6. The maximum Gasteiger partial charge on any atom is 0.359 e. The van der Waals surface area contributed by atoms with Crippen molar-refractivity contribution in [1.29, 1.82) is 0 Å². The van der Waals surface area contributed by atoms with E-state index in [1.54, 1.807) is 29.2 Å². The van der Waals surface area contributed by atoms with Crippen LogP contribution < -0.4 is 5.56 Å². The first-order valence-corrected chi connectivity index (χ1v) is 9.23. The number of rotatable bonds is 6. The van der Waals surface area contributed by atoms with Gasteiger partial charge < -0.3 is 9.64 Å². The number of nitrogens with zero attached hydrogens (tertiary/aromatic N) is 3. The van der Waals surface area contributed by atoms with Crippen LogP contribution in [0.3, 0.4) is 0 Å². The highest BCUT2D eigenvalue weighted by Crippen LogP contribution is 2.23. The highest BCUT2D eigenvalue weighted by Gasteiger charge is 2.31. The molecule has 1 atom stereocenters. The van der Waals surface area contributed by atoms with Crippen LogP contribution in [0.25, 0.3) is 0 Å². The summed E-state index contributed by atoms with van der Waals surface area (Å²) in [4.78, 5) is 39.1. The minimum Gasteiger partial charge on any atom is -0.443 e. The van der Waals surface area contributed by atoms with Crippen LogP contribution in [0.1, 0.15) is 48.3 Å². The van der Waals surface area contributed by atoms with E-state index in [1.807, 2.05) is 13.0 Å². The van der Waals surface area contributed by atoms with E-state index in [0.29, 0.717) is 31.6 Å². The summed E-state index contributed by atoms with van der Waals surface area (Å²) in [5.74, 6) is -0.949. The fourth-order valence-electron chi connectivity index (χ4n) is 3.09. The third-order valence-electron chi connectivity index (χ3n) is 4.48. The first-order chi connectivity index (χ1) is 13.1. The topological polar surface area (TPSA) is 81.5 Å². The highest BCUT2D eigenvalue weighted by atomic mass is 16.5. The number of esters is 1. The molecular weight excluding hydrogens is 346 g/mol. The van der Waals surface area contributed by atoms with Crippen LogP contribution in [0.4, 0.5) is 0 Å². The quantitative estimate of drug-likeness (QED) is 0.729. The Morgan fingerprint density at radius 1 is 1.11 bits per heavy atom. The summed E-state index contributed by atoms with van der Waals surface area (Å²) >= 11 is 0. The fourth-order valence-corrected chi connectivity index (χ4v) is 3.09. The summed E-state index contributed by atoms with van der Waals surface area (Å²) in [6.07, 6.45) is 1.59. The van der Waals surface area contributed by atoms with Crippen molar-refractivity contribution >= 4 is 11.9 Å². The molecule has 1 unspecified atom stereocenters. The van der Waals surface area contributed by atoms with Crippen molar-refractivity contribution in [2.24, 2.45) is 0 Å². The lowest BCUT2D eigenvalue weighted by atomic mass is 10.1. The van der Waals surface area contributed by atoms with Crippen molar-refractivity contribution in [2.75, 3.05) is 13.1 Å². The molecule has 1 aromatic carbocycles. The molecule has 0 saturated carbocycles. The molecule has 1 aromatic heterocycles. The van der Waals surface area contributed by atoms with Gasteiger partial charge in [0.1, 0.15) is 0 Å². The molecule has 7 heteroatoms. The van der Waals surface area contributed by atoms with Crippen molar-refractivity contribution in [2.45, 2.75) is 38.8 Å². The van der Waals surface area contributed by atoms with Crippen molar-refractivity contribution < 1.29 is 14.3 Å². The number of ether oxygens (including phenoxy) is 1. The van der Waals surface area contributed by atoms with Gasteiger partial charge in [-0.05, 0) is 25.3 Å². The number of aryl methyl sites for hydroxylation is 1. The van der Waals surface area contributed by atoms with Crippen LogP contribution in [-0.4, -0.2) is 39.6 Å². The molecule has 0 spiro atoms. The van der Waals surface area contributed by atoms with Crippen LogP contribution in [0.2, 0.25) is 0 Å². The van der Waals surface area contributed by atoms with E-state index >= 15 is 0 Å². The minimum absolute atomic E-state index is 0.0122. The van der Waals surface area contributed by atoms with Crippen LogP contribution in [0.5, 0.6) is 0 Å². The van der Waals surface area contributed by atoms with E-state index in [-0.39, 0.29) is 17.2 Å². The second-order valence-corrected chi connectivity index (χ2v) is 6.51. The molecule has 142 valence electrons. The molecule has 27 heavy (non-hydrogen) atoms. The molecule has 3 rings (SSSR count). The second kappa shape index (κ2) is 8.62. The Morgan fingerprint density at radius 2 is 1.81 bits per heavy atom. The SMILES string of the molecule is CCCn1nc(C(=O)OC(C(=O)N2CCCC2)c2ccccc2)ccc1=O. The van der Waals surface area contributed by atoms with E-state index in [2.05, 4.69) is 5.10 Å². The summed E-state index contributed by atoms with van der Waals surface area (Å²) < 4.78 is 6.79. The highest BCUT2D eigenvalue weighted by molar-refractivity contribution is 5.91. The lowest BCUT2D eigenvalue weighted by Crippen LogP contribution is -2.35. The van der Waals surface area contributed by atoms with E-state index in [9.17, 15) is 14.4 Å². The largest absolute Gasteiger partial charge is 0.443 e. The molecule has 0 N–H and O–H groups in total. The minimum atomic E-state index is -1.02. The van der Waals surface area contributed by atoms with Crippen molar-refractivity contribution in [3.63, 3.8) is 0 Å². The molecule has 0 bridgehead atoms. The third kappa shape index (κ3) is 4.42. The standard InChI is InChI=1S/C20H23N3O4/c1-2-12-23-17(24)11-10-16(21-23)20(26)27-18(15-8-4-3-5-9-15)19(25)22-13-6-7-14-22/h3-5,8-11,18H,2,6-7,12-14H2,1H3. The number of carbonyl (C=O) groups is 2. The van der Waals surface area contributed by atoms with Gasteiger partial charge in [-0.25, -0.2) is 9.48 Å². The van der Waals surface area contributed by atoms with Gasteiger partial charge in [0, 0.05) is 31.3 Å². The summed E-state index contributed by atoms with van der Waals surface area (Å²) in [5.41, 5.74) is 0.351. The Morgan fingerprint density at radius 3 is 2.48 bits per heavy atom. The number of likely N-dealkylation sites (tertiary alicyclic amines) is 1. The van der Waals surface area contributed by atoms with Crippen LogP contribution in [0, 0.1) is 0 Å². The van der Waals surface area contributed by atoms with Crippen molar-refractivity contribution in [3.05, 3.63) is 64.1 Å². The zero-order valence-corrected chi connectivity index (χ0v) is 15.3. The number of hydrogen-bond donors (Lipinski definition) is 0. The van der Waals surface area contributed by atoms with Crippen molar-refractivity contribution in [1.82, 2.24) is 14.7 Å². The molecule has 1 amide bonds. The monoisotopic (exact) mass is 369 g/mol. The fraction of sp³-hybridized carbons (Fsp3) is 0.400. The van der Waals surface area contributed by atoms with Gasteiger partial charge in [-0.3, -0.25) is 9.59 Å². The Balaban J connectivity index is 1.85. The Labute approximate surface area is 157 Å². The average Bonchev–Trinajstić information content (AvgIpc) is 3.23. The lowest BCUT2D eigenvalue weighted by Gasteiger charge is -2.23. The number of hydrogen-bond acceptors (Lipinski definition) is 5. The van der Waals surface area contributed by atoms with Gasteiger partial charge in [0.2, 0.25) is 6.10 Å². The van der Waals surface area contributed by atoms with Crippen molar-refractivity contribution in [3.8, 4) is 0 Å². The predicted molar refractivity (Wildman–Crippen MR) is 99.2 cm³/mol. The molecule has 1 aliphatic heterocycles. The summed E-state index contributed by atoms with van der Waals surface area (Å²) in [5, 5.41) is 4.07. The van der Waals surface area contributed by atoms with Crippen LogP contribution in [-0.2, 0) is 16.1 Å². The Bertz CT molecular complexity index is 857. The molecular formula is C20H23N3O4. The smallest absolute Gasteiger partial charge is 0.359 e. The zero-order valence-electron chi connectivity index (χ0n) is 15.3. The van der Waals surface area contributed by atoms with Crippen LogP contribution >= 0.6 is 0 Å². The van der Waals surface area contributed by atoms with E-state index in [0.717, 1.165) is 12.8 Å². The second-order valence-electron chi connectivity index (χ2n) is 6.51. The maximum absolute atomic E-state index is 12.9. The molecule has 2 heterocycles. The summed E-state index contributed by atoms with van der Waals surface area (Å²) in [7, 11) is 0. The van der Waals surface area contributed by atoms with Gasteiger partial charge >= 0.3 is 5.97 Å². The maximum atomic E-state index is 12.9. The van der Waals surface area contributed by atoms with E-state index in [4.69, 9.17) is 4.74 Å². The lowest BCUT2D eigenvalue weighted by molar-refractivity contribution is -0.140. The Hall–Kier alpha value is -2.96. The van der Waals surface area contributed by atoms with Gasteiger partial charge in [0.15, 0.2) is 5.69 Å². The summed E-state index contributed by atoms with van der Waals surface area (Å²) in [6.45, 7) is 3.66. The van der Waals surface area contributed by atoms with Gasteiger partial charge in [-0.2, -0.15) is 5.10 Å². The molecule has 7 nitrogen and oxygen atoms in total. The van der Waals surface area contributed by atoms with Gasteiger partial charge in [-0.15, -0.1) is 0 Å². The number of benzene rings is 1. The molecule has 1 aliphatic rings. The molecule has 1 fully saturated rings. The number of amides is 1. The normalized spacial score (nSPS) is 14.8. The molecule has 1 saturated heterocycles. The predicted octanol–water partition coefficient (Wildman–Crippen LogP) is 2.17. The van der Waals surface area contributed by atoms with Crippen LogP contribution in [0.15, 0.2) is 47.3 Å². The third-order valence-corrected chi connectivity index (χ3v) is 4.48. The van der Waals surface area contributed by atoms with Gasteiger partial charge in [0.05, 0.1) is 0 Å². The molecule has 2 aromatic rings.